The molecule has 0 saturated carbocycles. The molecule has 0 fully saturated rings. The van der Waals surface area contributed by atoms with Crippen LogP contribution < -0.4 is 11.2 Å². The molecule has 0 saturated heterocycles. The van der Waals surface area contributed by atoms with E-state index in [4.69, 9.17) is 0 Å². The van der Waals surface area contributed by atoms with Crippen molar-refractivity contribution < 1.29 is 0 Å². The van der Waals surface area contributed by atoms with Crippen LogP contribution in [0.3, 0.4) is 0 Å². The molecule has 5 heteroatoms. The van der Waals surface area contributed by atoms with E-state index < -0.39 is 0 Å². The summed E-state index contributed by atoms with van der Waals surface area (Å²) >= 11 is 3.29. The molecule has 2 rings (SSSR count). The van der Waals surface area contributed by atoms with E-state index in [0.29, 0.717) is 17.4 Å². The molecule has 0 unspecified atom stereocenters. The standard InChI is InChI=1S/C10H9BrN2O2/c1-2-13-9(14)7-5-6(11)3-4-8(7)12-10(13)15/h3-5H,2H2,1H3,(H,12,15). The smallest absolute Gasteiger partial charge is 0.307 e. The van der Waals surface area contributed by atoms with E-state index in [9.17, 15) is 9.59 Å². The van der Waals surface area contributed by atoms with Crippen molar-refractivity contribution in [1.82, 2.24) is 9.55 Å². The van der Waals surface area contributed by atoms with E-state index in [-0.39, 0.29) is 11.2 Å². The lowest BCUT2D eigenvalue weighted by Gasteiger charge is -2.03. The summed E-state index contributed by atoms with van der Waals surface area (Å²) in [5, 5.41) is 0.519. The van der Waals surface area contributed by atoms with E-state index in [1.165, 1.54) is 4.57 Å². The first kappa shape index (κ1) is 10.2. The molecule has 0 amide bonds. The van der Waals surface area contributed by atoms with E-state index in [0.717, 1.165) is 4.47 Å². The van der Waals surface area contributed by atoms with Crippen LogP contribution >= 0.6 is 15.9 Å². The fourth-order valence-electron chi connectivity index (χ4n) is 1.51. The quantitative estimate of drug-likeness (QED) is 0.852. The Bertz CT molecular complexity index is 627. The summed E-state index contributed by atoms with van der Waals surface area (Å²) < 4.78 is 2.00. The summed E-state index contributed by atoms with van der Waals surface area (Å²) in [6.45, 7) is 2.14. The van der Waals surface area contributed by atoms with Gasteiger partial charge in [-0.05, 0) is 25.1 Å². The zero-order valence-corrected chi connectivity index (χ0v) is 9.67. The maximum Gasteiger partial charge on any atom is 0.328 e. The highest BCUT2D eigenvalue weighted by molar-refractivity contribution is 9.10. The zero-order valence-electron chi connectivity index (χ0n) is 8.08. The molecule has 0 radical (unpaired) electrons. The van der Waals surface area contributed by atoms with Crippen molar-refractivity contribution in [2.24, 2.45) is 0 Å². The van der Waals surface area contributed by atoms with Gasteiger partial charge in [0, 0.05) is 11.0 Å². The average molecular weight is 269 g/mol. The van der Waals surface area contributed by atoms with Crippen molar-refractivity contribution in [2.75, 3.05) is 0 Å². The average Bonchev–Trinajstić information content (AvgIpc) is 2.20. The largest absolute Gasteiger partial charge is 0.328 e. The van der Waals surface area contributed by atoms with Gasteiger partial charge in [-0.2, -0.15) is 0 Å². The van der Waals surface area contributed by atoms with Crippen LogP contribution in [0, 0.1) is 0 Å². The van der Waals surface area contributed by atoms with Crippen LogP contribution in [0.25, 0.3) is 10.9 Å². The van der Waals surface area contributed by atoms with E-state index >= 15 is 0 Å². The van der Waals surface area contributed by atoms with Crippen molar-refractivity contribution >= 4 is 26.8 Å². The Morgan fingerprint density at radius 3 is 2.80 bits per heavy atom. The molecular formula is C10H9BrN2O2. The second-order valence-corrected chi connectivity index (χ2v) is 4.09. The minimum Gasteiger partial charge on any atom is -0.307 e. The third-order valence-electron chi connectivity index (χ3n) is 2.26. The number of halogens is 1. The van der Waals surface area contributed by atoms with Crippen molar-refractivity contribution in [3.05, 3.63) is 43.5 Å². The summed E-state index contributed by atoms with van der Waals surface area (Å²) in [6.07, 6.45) is 0. The van der Waals surface area contributed by atoms with E-state index in [1.807, 2.05) is 0 Å². The Morgan fingerprint density at radius 1 is 1.40 bits per heavy atom. The molecule has 1 aromatic carbocycles. The van der Waals surface area contributed by atoms with Crippen LogP contribution in [-0.4, -0.2) is 9.55 Å². The Balaban J connectivity index is 2.99. The third kappa shape index (κ3) is 1.63. The Hall–Kier alpha value is -1.36. The predicted octanol–water partition coefficient (Wildman–Crippen LogP) is 1.47. The molecule has 78 valence electrons. The van der Waals surface area contributed by atoms with Gasteiger partial charge in [0.05, 0.1) is 10.9 Å². The maximum absolute atomic E-state index is 11.9. The summed E-state index contributed by atoms with van der Waals surface area (Å²) in [6, 6.07) is 5.20. The second-order valence-electron chi connectivity index (χ2n) is 3.17. The van der Waals surface area contributed by atoms with Gasteiger partial charge in [0.15, 0.2) is 0 Å². The van der Waals surface area contributed by atoms with Gasteiger partial charge >= 0.3 is 5.69 Å². The summed E-state index contributed by atoms with van der Waals surface area (Å²) in [5.41, 5.74) is -0.0484. The van der Waals surface area contributed by atoms with Gasteiger partial charge in [-0.25, -0.2) is 4.79 Å². The molecule has 4 nitrogen and oxygen atoms in total. The molecule has 2 aromatic rings. The van der Waals surface area contributed by atoms with Gasteiger partial charge in [-0.15, -0.1) is 0 Å². The SMILES string of the molecule is CCn1c(=O)[nH]c2ccc(Br)cc2c1=O. The second kappa shape index (κ2) is 3.66. The van der Waals surface area contributed by atoms with Gasteiger partial charge in [0.1, 0.15) is 0 Å². The normalized spacial score (nSPS) is 10.8. The highest BCUT2D eigenvalue weighted by atomic mass is 79.9. The van der Waals surface area contributed by atoms with Crippen LogP contribution in [0.15, 0.2) is 32.3 Å². The van der Waals surface area contributed by atoms with Crippen LogP contribution in [0.1, 0.15) is 6.92 Å². The lowest BCUT2D eigenvalue weighted by molar-refractivity contribution is 0.684. The fourth-order valence-corrected chi connectivity index (χ4v) is 1.87. The highest BCUT2D eigenvalue weighted by Crippen LogP contribution is 2.13. The van der Waals surface area contributed by atoms with Gasteiger partial charge < -0.3 is 4.98 Å². The monoisotopic (exact) mass is 268 g/mol. The van der Waals surface area contributed by atoms with Crippen molar-refractivity contribution in [1.29, 1.82) is 0 Å². The number of benzene rings is 1. The summed E-state index contributed by atoms with van der Waals surface area (Å²) in [7, 11) is 0. The summed E-state index contributed by atoms with van der Waals surface area (Å²) in [5.74, 6) is 0. The molecular weight excluding hydrogens is 260 g/mol. The highest BCUT2D eigenvalue weighted by Gasteiger charge is 2.05. The number of hydrogen-bond acceptors (Lipinski definition) is 2. The van der Waals surface area contributed by atoms with Crippen LogP contribution in [-0.2, 0) is 6.54 Å². The van der Waals surface area contributed by atoms with Crippen LogP contribution in [0.5, 0.6) is 0 Å². The molecule has 1 aromatic heterocycles. The van der Waals surface area contributed by atoms with Crippen LogP contribution in [0.2, 0.25) is 0 Å². The van der Waals surface area contributed by atoms with Crippen molar-refractivity contribution in [3.8, 4) is 0 Å². The van der Waals surface area contributed by atoms with Gasteiger partial charge in [-0.1, -0.05) is 15.9 Å². The topological polar surface area (TPSA) is 54.9 Å². The molecule has 15 heavy (non-hydrogen) atoms. The van der Waals surface area contributed by atoms with Gasteiger partial charge in [0.2, 0.25) is 0 Å². The number of aromatic nitrogens is 2. The minimum absolute atomic E-state index is 0.252. The lowest BCUT2D eigenvalue weighted by atomic mass is 10.2. The number of fused-ring (bicyclic) bond motifs is 1. The molecule has 0 aliphatic rings. The predicted molar refractivity (Wildman–Crippen MR) is 62.2 cm³/mol. The Morgan fingerprint density at radius 2 is 2.13 bits per heavy atom. The van der Waals surface area contributed by atoms with E-state index in [2.05, 4.69) is 20.9 Å². The van der Waals surface area contributed by atoms with Gasteiger partial charge in [-0.3, -0.25) is 9.36 Å². The number of nitrogens with zero attached hydrogens (tertiary/aromatic N) is 1. The minimum atomic E-state index is -0.364. The first-order valence-electron chi connectivity index (χ1n) is 4.56. The Kier molecular flexibility index (Phi) is 2.48. The maximum atomic E-state index is 11.9. The zero-order chi connectivity index (χ0) is 11.0. The van der Waals surface area contributed by atoms with Crippen LogP contribution in [0.4, 0.5) is 0 Å². The van der Waals surface area contributed by atoms with E-state index in [1.54, 1.807) is 25.1 Å². The molecule has 0 aliphatic carbocycles. The Labute approximate surface area is 93.7 Å². The van der Waals surface area contributed by atoms with Gasteiger partial charge in [0.25, 0.3) is 5.56 Å². The molecule has 1 heterocycles. The fraction of sp³-hybridized carbons (Fsp3) is 0.200. The first-order valence-corrected chi connectivity index (χ1v) is 5.35. The number of rotatable bonds is 1. The summed E-state index contributed by atoms with van der Waals surface area (Å²) in [4.78, 5) is 26.0. The number of hydrogen-bond donors (Lipinski definition) is 1. The molecule has 0 bridgehead atoms. The molecule has 0 spiro atoms. The first-order chi connectivity index (χ1) is 7.13. The molecule has 0 atom stereocenters. The molecule has 0 aliphatic heterocycles. The number of H-pyrrole nitrogens is 1. The third-order valence-corrected chi connectivity index (χ3v) is 2.75. The lowest BCUT2D eigenvalue weighted by Crippen LogP contribution is -2.34. The number of nitrogens with one attached hydrogen (secondary N) is 1. The van der Waals surface area contributed by atoms with Crippen molar-refractivity contribution in [3.63, 3.8) is 0 Å². The molecule has 1 N–H and O–H groups in total. The number of aromatic amines is 1. The van der Waals surface area contributed by atoms with Crippen molar-refractivity contribution in [2.45, 2.75) is 13.5 Å².